The summed E-state index contributed by atoms with van der Waals surface area (Å²) in [7, 11) is 1.71. The van der Waals surface area contributed by atoms with Crippen LogP contribution in [0.4, 0.5) is 5.69 Å². The van der Waals surface area contributed by atoms with Crippen LogP contribution >= 0.6 is 0 Å². The summed E-state index contributed by atoms with van der Waals surface area (Å²) in [4.78, 5) is 29.1. The quantitative estimate of drug-likeness (QED) is 0.576. The van der Waals surface area contributed by atoms with Gasteiger partial charge in [0, 0.05) is 50.5 Å². The summed E-state index contributed by atoms with van der Waals surface area (Å²) in [6, 6.07) is 12.8. The number of carbonyl (C=O) groups excluding carboxylic acids is 1. The van der Waals surface area contributed by atoms with Gasteiger partial charge in [0.05, 0.1) is 0 Å². The lowest BCUT2D eigenvalue weighted by Crippen LogP contribution is -2.32. The van der Waals surface area contributed by atoms with Gasteiger partial charge < -0.3 is 19.9 Å². The summed E-state index contributed by atoms with van der Waals surface area (Å²) in [5, 5.41) is 6.09. The number of ether oxygens (including phenoxy) is 1. The van der Waals surface area contributed by atoms with Crippen LogP contribution in [0.2, 0.25) is 0 Å². The van der Waals surface area contributed by atoms with Gasteiger partial charge >= 0.3 is 0 Å². The molecule has 1 amide bonds. The van der Waals surface area contributed by atoms with Gasteiger partial charge in [0.2, 0.25) is 5.43 Å². The van der Waals surface area contributed by atoms with Crippen LogP contribution in [0.3, 0.4) is 0 Å². The number of rotatable bonds is 8. The predicted octanol–water partition coefficient (Wildman–Crippen LogP) is 2.51. The molecular weight excluding hydrogens is 368 g/mol. The van der Waals surface area contributed by atoms with Gasteiger partial charge in [-0.1, -0.05) is 30.3 Å². The van der Waals surface area contributed by atoms with Crippen molar-refractivity contribution < 1.29 is 9.53 Å². The Morgan fingerprint density at radius 3 is 2.69 bits per heavy atom. The third-order valence-corrected chi connectivity index (χ3v) is 4.43. The minimum Gasteiger partial charge on any atom is -0.483 e. The van der Waals surface area contributed by atoms with Crippen molar-refractivity contribution in [1.29, 1.82) is 0 Å². The average Bonchev–Trinajstić information content (AvgIpc) is 2.73. The Bertz CT molecular complexity index is 1030. The van der Waals surface area contributed by atoms with E-state index in [1.807, 2.05) is 43.3 Å². The fraction of sp³-hybridized carbons (Fsp3) is 0.227. The minimum atomic E-state index is -0.360. The fourth-order valence-corrected chi connectivity index (χ4v) is 2.87. The van der Waals surface area contributed by atoms with Crippen molar-refractivity contribution in [3.8, 4) is 5.75 Å². The smallest absolute Gasteiger partial charge is 0.271 e. The molecule has 2 N–H and O–H groups in total. The number of benzene rings is 1. The Labute approximate surface area is 169 Å². The Hall–Kier alpha value is -3.61. The van der Waals surface area contributed by atoms with Crippen LogP contribution in [0.15, 0.2) is 65.8 Å². The molecular formula is C22H24N4O3. The van der Waals surface area contributed by atoms with Crippen LogP contribution in [-0.4, -0.2) is 28.5 Å². The van der Waals surface area contributed by atoms with Gasteiger partial charge in [-0.25, -0.2) is 0 Å². The second kappa shape index (κ2) is 9.54. The highest BCUT2D eigenvalue weighted by Crippen LogP contribution is 2.15. The van der Waals surface area contributed by atoms with Gasteiger partial charge in [0.15, 0.2) is 11.4 Å². The van der Waals surface area contributed by atoms with Crippen LogP contribution in [0, 0.1) is 6.92 Å². The standard InChI is InChI=1S/C22H24N4O3/c1-16-14-23-10-8-18(16)24-11-12-25-22(28)20-21(19(27)9-13-26(20)2)29-15-17-6-4-3-5-7-17/h3-10,13-14H,11-12,15H2,1-2H3,(H,23,24)(H,25,28). The Balaban J connectivity index is 1.65. The number of nitrogens with zero attached hydrogens (tertiary/aromatic N) is 2. The van der Waals surface area contributed by atoms with Crippen molar-refractivity contribution in [3.05, 3.63) is 88.1 Å². The van der Waals surface area contributed by atoms with E-state index in [4.69, 9.17) is 4.74 Å². The minimum absolute atomic E-state index is 0.0503. The summed E-state index contributed by atoms with van der Waals surface area (Å²) in [6.45, 7) is 3.10. The highest BCUT2D eigenvalue weighted by molar-refractivity contribution is 5.95. The van der Waals surface area contributed by atoms with Gasteiger partial charge in [-0.3, -0.25) is 14.6 Å². The first kappa shape index (κ1) is 20.1. The largest absolute Gasteiger partial charge is 0.483 e. The molecule has 29 heavy (non-hydrogen) atoms. The topological polar surface area (TPSA) is 85.2 Å². The zero-order valence-electron chi connectivity index (χ0n) is 16.5. The van der Waals surface area contributed by atoms with E-state index in [-0.39, 0.29) is 29.4 Å². The number of aromatic nitrogens is 2. The molecule has 0 aliphatic heterocycles. The number of aryl methyl sites for hydroxylation is 2. The molecule has 3 aromatic rings. The first-order valence-electron chi connectivity index (χ1n) is 9.35. The predicted molar refractivity (Wildman–Crippen MR) is 112 cm³/mol. The van der Waals surface area contributed by atoms with Crippen LogP contribution in [0.5, 0.6) is 5.75 Å². The first-order chi connectivity index (χ1) is 14.1. The zero-order chi connectivity index (χ0) is 20.6. The summed E-state index contributed by atoms with van der Waals surface area (Å²) in [5.74, 6) is -0.309. The van der Waals surface area contributed by atoms with E-state index < -0.39 is 0 Å². The van der Waals surface area contributed by atoms with Gasteiger partial charge in [-0.05, 0) is 24.1 Å². The SMILES string of the molecule is Cc1cnccc1NCCNC(=O)c1c(OCc2ccccc2)c(=O)ccn1C. The van der Waals surface area contributed by atoms with Crippen molar-refractivity contribution in [2.45, 2.75) is 13.5 Å². The maximum atomic E-state index is 12.7. The maximum Gasteiger partial charge on any atom is 0.271 e. The second-order valence-electron chi connectivity index (χ2n) is 6.62. The number of pyridine rings is 2. The van der Waals surface area contributed by atoms with Crippen molar-refractivity contribution in [2.75, 3.05) is 18.4 Å². The molecule has 150 valence electrons. The first-order valence-corrected chi connectivity index (χ1v) is 9.35. The number of nitrogens with one attached hydrogen (secondary N) is 2. The van der Waals surface area contributed by atoms with Crippen molar-refractivity contribution in [2.24, 2.45) is 7.05 Å². The summed E-state index contributed by atoms with van der Waals surface area (Å²) in [6.07, 6.45) is 5.05. The Morgan fingerprint density at radius 2 is 1.93 bits per heavy atom. The van der Waals surface area contributed by atoms with Gasteiger partial charge in [0.25, 0.3) is 5.91 Å². The molecule has 0 radical (unpaired) electrons. The molecule has 0 unspecified atom stereocenters. The van der Waals surface area contributed by atoms with Crippen molar-refractivity contribution in [1.82, 2.24) is 14.9 Å². The van der Waals surface area contributed by atoms with E-state index in [1.54, 1.807) is 30.2 Å². The summed E-state index contributed by atoms with van der Waals surface area (Å²) < 4.78 is 7.33. The summed E-state index contributed by atoms with van der Waals surface area (Å²) >= 11 is 0. The molecule has 0 saturated carbocycles. The Morgan fingerprint density at radius 1 is 1.14 bits per heavy atom. The fourth-order valence-electron chi connectivity index (χ4n) is 2.87. The monoisotopic (exact) mass is 392 g/mol. The van der Waals surface area contributed by atoms with Crippen LogP contribution in [-0.2, 0) is 13.7 Å². The van der Waals surface area contributed by atoms with E-state index in [9.17, 15) is 9.59 Å². The van der Waals surface area contributed by atoms with Gasteiger partial charge in [-0.2, -0.15) is 0 Å². The maximum absolute atomic E-state index is 12.7. The van der Waals surface area contributed by atoms with Crippen molar-refractivity contribution >= 4 is 11.6 Å². The van der Waals surface area contributed by atoms with E-state index in [0.717, 1.165) is 16.8 Å². The molecule has 0 spiro atoms. The molecule has 0 saturated heterocycles. The van der Waals surface area contributed by atoms with E-state index >= 15 is 0 Å². The molecule has 0 atom stereocenters. The average molecular weight is 392 g/mol. The van der Waals surface area contributed by atoms with Gasteiger partial charge in [-0.15, -0.1) is 0 Å². The normalized spacial score (nSPS) is 10.4. The van der Waals surface area contributed by atoms with E-state index in [2.05, 4.69) is 15.6 Å². The number of anilines is 1. The van der Waals surface area contributed by atoms with Gasteiger partial charge in [0.1, 0.15) is 6.61 Å². The van der Waals surface area contributed by atoms with Crippen LogP contribution in [0.1, 0.15) is 21.6 Å². The molecule has 2 heterocycles. The number of hydrogen-bond acceptors (Lipinski definition) is 5. The number of carbonyl (C=O) groups is 1. The molecule has 0 aliphatic rings. The van der Waals surface area contributed by atoms with E-state index in [1.165, 1.54) is 6.07 Å². The molecule has 7 nitrogen and oxygen atoms in total. The lowest BCUT2D eigenvalue weighted by atomic mass is 10.2. The van der Waals surface area contributed by atoms with Crippen molar-refractivity contribution in [3.63, 3.8) is 0 Å². The molecule has 1 aromatic carbocycles. The molecule has 0 aliphatic carbocycles. The zero-order valence-corrected chi connectivity index (χ0v) is 16.5. The molecule has 0 fully saturated rings. The van der Waals surface area contributed by atoms with E-state index in [0.29, 0.717) is 13.1 Å². The van der Waals surface area contributed by atoms with Crippen LogP contribution in [0.25, 0.3) is 0 Å². The molecule has 0 bridgehead atoms. The molecule has 3 rings (SSSR count). The third-order valence-electron chi connectivity index (χ3n) is 4.43. The molecule has 7 heteroatoms. The second-order valence-corrected chi connectivity index (χ2v) is 6.62. The Kier molecular flexibility index (Phi) is 6.63. The number of hydrogen-bond donors (Lipinski definition) is 2. The summed E-state index contributed by atoms with van der Waals surface area (Å²) in [5.41, 5.74) is 2.79. The van der Waals surface area contributed by atoms with Crippen LogP contribution < -0.4 is 20.8 Å². The number of amides is 1. The highest BCUT2D eigenvalue weighted by atomic mass is 16.5. The third kappa shape index (κ3) is 5.22. The lowest BCUT2D eigenvalue weighted by Gasteiger charge is -2.15. The highest BCUT2D eigenvalue weighted by Gasteiger charge is 2.18. The lowest BCUT2D eigenvalue weighted by molar-refractivity contribution is 0.0940. The molecule has 2 aromatic heterocycles.